The first kappa shape index (κ1) is 13.4. The average Bonchev–Trinajstić information content (AvgIpc) is 2.84. The first-order chi connectivity index (χ1) is 9.20. The number of aromatic nitrogens is 2. The molecule has 0 atom stereocenters. The molecule has 4 N–H and O–H groups in total. The summed E-state index contributed by atoms with van der Waals surface area (Å²) in [5.41, 5.74) is 4.45. The minimum absolute atomic E-state index is 0.201. The molecule has 0 unspecified atom stereocenters. The summed E-state index contributed by atoms with van der Waals surface area (Å²) in [6.45, 7) is 2.49. The van der Waals surface area contributed by atoms with E-state index < -0.39 is 0 Å². The summed E-state index contributed by atoms with van der Waals surface area (Å²) in [5, 5.41) is 5.85. The van der Waals surface area contributed by atoms with Gasteiger partial charge in [0.05, 0.1) is 22.0 Å². The highest BCUT2D eigenvalue weighted by Gasteiger charge is 2.10. The topological polar surface area (TPSA) is 92.9 Å². The van der Waals surface area contributed by atoms with E-state index in [1.54, 1.807) is 23.6 Å². The van der Waals surface area contributed by atoms with Gasteiger partial charge >= 0.3 is 0 Å². The van der Waals surface area contributed by atoms with E-state index in [0.717, 1.165) is 10.7 Å². The van der Waals surface area contributed by atoms with Gasteiger partial charge in [-0.05, 0) is 13.0 Å². The summed E-state index contributed by atoms with van der Waals surface area (Å²) in [6.07, 6.45) is 3.77. The van der Waals surface area contributed by atoms with Gasteiger partial charge < -0.3 is 10.7 Å². The lowest BCUT2D eigenvalue weighted by atomic mass is 10.2. The zero-order valence-corrected chi connectivity index (χ0v) is 11.3. The van der Waals surface area contributed by atoms with Crippen LogP contribution in [0.3, 0.4) is 0 Å². The van der Waals surface area contributed by atoms with Crippen molar-refractivity contribution in [1.82, 2.24) is 15.3 Å². The molecule has 0 radical (unpaired) electrons. The zero-order chi connectivity index (χ0) is 13.7. The van der Waals surface area contributed by atoms with Gasteiger partial charge in [0.25, 0.3) is 5.91 Å². The van der Waals surface area contributed by atoms with Gasteiger partial charge in [-0.2, -0.15) is 0 Å². The van der Waals surface area contributed by atoms with Crippen molar-refractivity contribution in [3.63, 3.8) is 0 Å². The summed E-state index contributed by atoms with van der Waals surface area (Å²) >= 11 is 1.61. The van der Waals surface area contributed by atoms with Crippen LogP contribution in [0.15, 0.2) is 23.8 Å². The van der Waals surface area contributed by atoms with E-state index in [0.29, 0.717) is 24.2 Å². The molecule has 0 bridgehead atoms. The number of carbonyl (C=O) groups is 1. The number of anilines is 1. The molecule has 0 aliphatic rings. The maximum atomic E-state index is 12.0. The molecular weight excluding hydrogens is 262 g/mol. The van der Waals surface area contributed by atoms with Gasteiger partial charge in [0.15, 0.2) is 0 Å². The lowest BCUT2D eigenvalue weighted by molar-refractivity contribution is 0.0954. The van der Waals surface area contributed by atoms with Crippen molar-refractivity contribution in [3.8, 4) is 0 Å². The number of nitrogen functional groups attached to an aromatic ring is 1. The molecular formula is C12H15N5OS. The Balaban J connectivity index is 1.90. The molecule has 0 aliphatic carbocycles. The van der Waals surface area contributed by atoms with Gasteiger partial charge in [0.1, 0.15) is 0 Å². The van der Waals surface area contributed by atoms with E-state index in [1.807, 2.05) is 12.3 Å². The summed E-state index contributed by atoms with van der Waals surface area (Å²) < 4.78 is 0. The Labute approximate surface area is 115 Å². The van der Waals surface area contributed by atoms with Crippen molar-refractivity contribution in [2.24, 2.45) is 5.84 Å². The minimum atomic E-state index is -0.201. The van der Waals surface area contributed by atoms with Crippen LogP contribution in [0.2, 0.25) is 0 Å². The van der Waals surface area contributed by atoms with Gasteiger partial charge in [-0.15, -0.1) is 11.3 Å². The van der Waals surface area contributed by atoms with E-state index in [-0.39, 0.29) is 5.91 Å². The number of carbonyl (C=O) groups excluding carboxylic acids is 1. The third kappa shape index (κ3) is 3.49. The van der Waals surface area contributed by atoms with Gasteiger partial charge in [-0.25, -0.2) is 4.98 Å². The molecule has 0 fully saturated rings. The number of nitrogens with two attached hydrogens (primary N) is 1. The quantitative estimate of drug-likeness (QED) is 0.562. The molecule has 1 amide bonds. The molecule has 0 saturated carbocycles. The molecule has 2 aromatic rings. The number of aryl methyl sites for hydroxylation is 1. The van der Waals surface area contributed by atoms with Crippen LogP contribution in [-0.4, -0.2) is 22.4 Å². The highest BCUT2D eigenvalue weighted by molar-refractivity contribution is 7.09. The molecule has 100 valence electrons. The molecule has 2 heterocycles. The highest BCUT2D eigenvalue weighted by Crippen LogP contribution is 2.11. The summed E-state index contributed by atoms with van der Waals surface area (Å²) in [6, 6.07) is 1.65. The van der Waals surface area contributed by atoms with Crippen molar-refractivity contribution in [2.75, 3.05) is 12.0 Å². The van der Waals surface area contributed by atoms with Crippen LogP contribution in [0.1, 0.15) is 21.1 Å². The number of hydrazine groups is 1. The number of pyridine rings is 1. The van der Waals surface area contributed by atoms with Crippen LogP contribution in [0.4, 0.5) is 5.69 Å². The second kappa shape index (κ2) is 6.26. The van der Waals surface area contributed by atoms with E-state index in [2.05, 4.69) is 20.7 Å². The van der Waals surface area contributed by atoms with Gasteiger partial charge in [-0.1, -0.05) is 0 Å². The van der Waals surface area contributed by atoms with Crippen LogP contribution < -0.4 is 16.6 Å². The van der Waals surface area contributed by atoms with Crippen LogP contribution in [-0.2, 0) is 6.42 Å². The van der Waals surface area contributed by atoms with Crippen molar-refractivity contribution in [1.29, 1.82) is 0 Å². The Morgan fingerprint density at radius 2 is 2.37 bits per heavy atom. The maximum absolute atomic E-state index is 12.0. The van der Waals surface area contributed by atoms with Gasteiger partial charge in [-0.3, -0.25) is 15.6 Å². The first-order valence-corrected chi connectivity index (χ1v) is 6.68. The molecule has 6 nitrogen and oxygen atoms in total. The number of hydrogen-bond acceptors (Lipinski definition) is 6. The van der Waals surface area contributed by atoms with Crippen LogP contribution >= 0.6 is 11.3 Å². The number of rotatable bonds is 5. The zero-order valence-electron chi connectivity index (χ0n) is 10.5. The van der Waals surface area contributed by atoms with Crippen molar-refractivity contribution >= 4 is 22.9 Å². The Kier molecular flexibility index (Phi) is 4.43. The smallest absolute Gasteiger partial charge is 0.255 e. The van der Waals surface area contributed by atoms with Gasteiger partial charge in [0, 0.05) is 30.7 Å². The molecule has 2 rings (SSSR count). The fraction of sp³-hybridized carbons (Fsp3) is 0.250. The van der Waals surface area contributed by atoms with Gasteiger partial charge in [0.2, 0.25) is 0 Å². The third-order valence-corrected chi connectivity index (χ3v) is 3.38. The molecule has 19 heavy (non-hydrogen) atoms. The van der Waals surface area contributed by atoms with Crippen LogP contribution in [0.25, 0.3) is 0 Å². The Bertz CT molecular complexity index is 569. The normalized spacial score (nSPS) is 10.2. The monoisotopic (exact) mass is 277 g/mol. The van der Waals surface area contributed by atoms with E-state index in [1.165, 1.54) is 6.20 Å². The van der Waals surface area contributed by atoms with Crippen molar-refractivity contribution in [2.45, 2.75) is 13.3 Å². The Hall–Kier alpha value is -1.99. The largest absolute Gasteiger partial charge is 0.352 e. The maximum Gasteiger partial charge on any atom is 0.255 e. The molecule has 0 saturated heterocycles. The lowest BCUT2D eigenvalue weighted by Crippen LogP contribution is -2.27. The number of hydrogen-bond donors (Lipinski definition) is 3. The number of nitrogens with zero attached hydrogens (tertiary/aromatic N) is 2. The SMILES string of the molecule is Cc1nc(CCNC(=O)c2cnccc2NN)cs1. The predicted octanol–water partition coefficient (Wildman–Crippen LogP) is 1.10. The molecule has 7 heteroatoms. The second-order valence-corrected chi connectivity index (χ2v) is 4.99. The number of nitrogens with one attached hydrogen (secondary N) is 2. The Morgan fingerprint density at radius 1 is 1.53 bits per heavy atom. The summed E-state index contributed by atoms with van der Waals surface area (Å²) in [5.74, 6) is 5.14. The molecule has 0 aliphatic heterocycles. The van der Waals surface area contributed by atoms with Crippen molar-refractivity contribution < 1.29 is 4.79 Å². The summed E-state index contributed by atoms with van der Waals surface area (Å²) in [4.78, 5) is 20.2. The third-order valence-electron chi connectivity index (χ3n) is 2.55. The minimum Gasteiger partial charge on any atom is -0.352 e. The number of amides is 1. The lowest BCUT2D eigenvalue weighted by Gasteiger charge is -2.08. The fourth-order valence-electron chi connectivity index (χ4n) is 1.62. The summed E-state index contributed by atoms with van der Waals surface area (Å²) in [7, 11) is 0. The fourth-order valence-corrected chi connectivity index (χ4v) is 2.27. The molecule has 0 spiro atoms. The standard InChI is InChI=1S/C12H15N5OS/c1-8-16-9(7-19-8)2-5-15-12(18)10-6-14-4-3-11(10)17-13/h3-4,6-7H,2,5,13H2,1H3,(H,14,17)(H,15,18). The van der Waals surface area contributed by atoms with Crippen LogP contribution in [0, 0.1) is 6.92 Å². The Morgan fingerprint density at radius 3 is 3.05 bits per heavy atom. The van der Waals surface area contributed by atoms with Crippen molar-refractivity contribution in [3.05, 3.63) is 40.1 Å². The average molecular weight is 277 g/mol. The number of thiazole rings is 1. The molecule has 2 aromatic heterocycles. The first-order valence-electron chi connectivity index (χ1n) is 5.80. The van der Waals surface area contributed by atoms with E-state index in [4.69, 9.17) is 5.84 Å². The van der Waals surface area contributed by atoms with E-state index in [9.17, 15) is 4.79 Å². The van der Waals surface area contributed by atoms with Crippen LogP contribution in [0.5, 0.6) is 0 Å². The predicted molar refractivity (Wildman–Crippen MR) is 74.9 cm³/mol. The second-order valence-electron chi connectivity index (χ2n) is 3.93. The molecule has 0 aromatic carbocycles. The van der Waals surface area contributed by atoms with E-state index >= 15 is 0 Å². The highest BCUT2D eigenvalue weighted by atomic mass is 32.1.